The molecule has 0 aliphatic heterocycles. The summed E-state index contributed by atoms with van der Waals surface area (Å²) in [5, 5.41) is 12.9. The Morgan fingerprint density at radius 3 is 2.61 bits per heavy atom. The molecule has 0 radical (unpaired) electrons. The van der Waals surface area contributed by atoms with E-state index in [1.165, 1.54) is 0 Å². The van der Waals surface area contributed by atoms with Crippen LogP contribution in [0.1, 0.15) is 6.92 Å². The van der Waals surface area contributed by atoms with Gasteiger partial charge in [-0.1, -0.05) is 18.2 Å². The lowest BCUT2D eigenvalue weighted by Crippen LogP contribution is -2.36. The molecule has 3 atom stereocenters. The molecule has 0 heterocycles. The summed E-state index contributed by atoms with van der Waals surface area (Å²) >= 11 is 0. The van der Waals surface area contributed by atoms with E-state index in [4.69, 9.17) is 4.74 Å². The van der Waals surface area contributed by atoms with Crippen LogP contribution in [0.15, 0.2) is 30.3 Å². The summed E-state index contributed by atoms with van der Waals surface area (Å²) in [5.41, 5.74) is 0. The van der Waals surface area contributed by atoms with Crippen molar-refractivity contribution >= 4 is 10.8 Å². The average Bonchev–Trinajstić information content (AvgIpc) is 2.37. The minimum atomic E-state index is -0.834. The zero-order valence-electron chi connectivity index (χ0n) is 10.8. The fraction of sp³-hybridized carbons (Fsp3) is 0.538. The highest BCUT2D eigenvalue weighted by Gasteiger charge is 2.08. The lowest BCUT2D eigenvalue weighted by molar-refractivity contribution is 0.106. The number of aliphatic hydroxyl groups excluding tert-OH is 1. The van der Waals surface area contributed by atoms with E-state index in [-0.39, 0.29) is 11.9 Å². The maximum Gasteiger partial charge on any atom is 0.119 e. The van der Waals surface area contributed by atoms with Gasteiger partial charge in [0.05, 0.1) is 0 Å². The van der Waals surface area contributed by atoms with Crippen LogP contribution in [0.4, 0.5) is 0 Å². The number of aliphatic hydroxyl groups is 1. The van der Waals surface area contributed by atoms with Crippen LogP contribution in [0.5, 0.6) is 5.75 Å². The van der Waals surface area contributed by atoms with Crippen LogP contribution >= 0.6 is 0 Å². The van der Waals surface area contributed by atoms with E-state index in [2.05, 4.69) is 5.32 Å². The lowest BCUT2D eigenvalue weighted by Gasteiger charge is -2.15. The molecule has 18 heavy (non-hydrogen) atoms. The maximum absolute atomic E-state index is 11.1. The van der Waals surface area contributed by atoms with Crippen molar-refractivity contribution in [3.63, 3.8) is 0 Å². The van der Waals surface area contributed by atoms with Gasteiger partial charge in [0, 0.05) is 35.4 Å². The minimum absolute atomic E-state index is 0.0900. The molecule has 0 saturated carbocycles. The molecular weight excluding hydrogens is 250 g/mol. The smallest absolute Gasteiger partial charge is 0.119 e. The zero-order chi connectivity index (χ0) is 13.4. The van der Waals surface area contributed by atoms with Gasteiger partial charge in [0.25, 0.3) is 0 Å². The summed E-state index contributed by atoms with van der Waals surface area (Å²) in [6.45, 7) is 3.23. The van der Waals surface area contributed by atoms with Crippen molar-refractivity contribution in [2.45, 2.75) is 18.3 Å². The number of benzene rings is 1. The summed E-state index contributed by atoms with van der Waals surface area (Å²) in [5.74, 6) is 0.750. The number of hydrogen-bond acceptors (Lipinski definition) is 4. The number of hydrogen-bond donors (Lipinski definition) is 2. The predicted molar refractivity (Wildman–Crippen MR) is 74.3 cm³/mol. The van der Waals surface area contributed by atoms with E-state index in [1.54, 1.807) is 6.26 Å². The van der Waals surface area contributed by atoms with Gasteiger partial charge in [-0.3, -0.25) is 4.21 Å². The number of nitrogens with one attached hydrogen (secondary N) is 1. The highest BCUT2D eigenvalue weighted by Crippen LogP contribution is 2.08. The van der Waals surface area contributed by atoms with E-state index in [0.717, 1.165) is 5.75 Å². The summed E-state index contributed by atoms with van der Waals surface area (Å²) in [6, 6.07) is 9.39. The van der Waals surface area contributed by atoms with E-state index in [9.17, 15) is 9.32 Å². The van der Waals surface area contributed by atoms with Crippen LogP contribution in [0, 0.1) is 0 Å². The normalized spacial score (nSPS) is 15.9. The Balaban J connectivity index is 2.14. The second-order valence-corrected chi connectivity index (χ2v) is 6.05. The molecule has 0 saturated heterocycles. The summed E-state index contributed by atoms with van der Waals surface area (Å²) < 4.78 is 16.5. The zero-order valence-corrected chi connectivity index (χ0v) is 11.7. The van der Waals surface area contributed by atoms with Crippen molar-refractivity contribution in [1.82, 2.24) is 5.32 Å². The molecule has 3 unspecified atom stereocenters. The third-order valence-corrected chi connectivity index (χ3v) is 3.86. The van der Waals surface area contributed by atoms with Gasteiger partial charge >= 0.3 is 0 Å². The van der Waals surface area contributed by atoms with E-state index in [0.29, 0.717) is 13.1 Å². The first-order valence-corrected chi connectivity index (χ1v) is 7.60. The van der Waals surface area contributed by atoms with Crippen molar-refractivity contribution in [3.05, 3.63) is 30.3 Å². The Bertz CT molecular complexity index is 359. The van der Waals surface area contributed by atoms with Gasteiger partial charge in [0.1, 0.15) is 18.5 Å². The first-order valence-electron chi connectivity index (χ1n) is 5.98. The summed E-state index contributed by atoms with van der Waals surface area (Å²) in [4.78, 5) is 0. The van der Waals surface area contributed by atoms with Gasteiger partial charge in [0.2, 0.25) is 0 Å². The van der Waals surface area contributed by atoms with Gasteiger partial charge in [-0.2, -0.15) is 0 Å². The third kappa shape index (κ3) is 6.14. The lowest BCUT2D eigenvalue weighted by atomic mass is 10.3. The fourth-order valence-electron chi connectivity index (χ4n) is 1.34. The summed E-state index contributed by atoms with van der Waals surface area (Å²) in [6.07, 6.45) is 1.11. The van der Waals surface area contributed by atoms with Crippen LogP contribution in [0.2, 0.25) is 0 Å². The molecule has 4 nitrogen and oxygen atoms in total. The van der Waals surface area contributed by atoms with Crippen molar-refractivity contribution in [2.24, 2.45) is 0 Å². The molecule has 102 valence electrons. The fourth-order valence-corrected chi connectivity index (χ4v) is 1.69. The number of ether oxygens (including phenoxy) is 1. The monoisotopic (exact) mass is 271 g/mol. The van der Waals surface area contributed by atoms with Crippen molar-refractivity contribution in [1.29, 1.82) is 0 Å². The first-order chi connectivity index (χ1) is 8.59. The molecule has 0 spiro atoms. The predicted octanol–water partition coefficient (Wildman–Crippen LogP) is 0.783. The van der Waals surface area contributed by atoms with Gasteiger partial charge in [0.15, 0.2) is 0 Å². The van der Waals surface area contributed by atoms with Crippen molar-refractivity contribution in [3.8, 4) is 5.75 Å². The molecule has 0 aromatic heterocycles. The Hall–Kier alpha value is -0.910. The minimum Gasteiger partial charge on any atom is -0.491 e. The highest BCUT2D eigenvalue weighted by molar-refractivity contribution is 7.84. The second kappa shape index (κ2) is 8.24. The van der Waals surface area contributed by atoms with Crippen molar-refractivity contribution in [2.75, 3.05) is 26.0 Å². The number of para-hydroxylation sites is 1. The Labute approximate surface area is 111 Å². The quantitative estimate of drug-likeness (QED) is 0.734. The molecule has 1 aromatic rings. The van der Waals surface area contributed by atoms with Crippen LogP contribution in [0.25, 0.3) is 0 Å². The van der Waals surface area contributed by atoms with Crippen molar-refractivity contribution < 1.29 is 14.1 Å². The molecule has 1 rings (SSSR count). The first kappa shape index (κ1) is 15.1. The molecule has 5 heteroatoms. The molecule has 0 bridgehead atoms. The van der Waals surface area contributed by atoms with E-state index < -0.39 is 16.9 Å². The Kier molecular flexibility index (Phi) is 6.93. The molecule has 0 aliphatic carbocycles. The molecule has 0 aliphatic rings. The molecule has 0 fully saturated rings. The van der Waals surface area contributed by atoms with Crippen LogP contribution in [-0.4, -0.2) is 46.6 Å². The van der Waals surface area contributed by atoms with Gasteiger partial charge in [-0.05, 0) is 19.1 Å². The SMILES string of the molecule is CC(CNCC(O)COc1ccccc1)S(C)=O. The molecule has 0 amide bonds. The maximum atomic E-state index is 11.1. The van der Waals surface area contributed by atoms with Gasteiger partial charge in [-0.15, -0.1) is 0 Å². The molecule has 1 aromatic carbocycles. The standard InChI is InChI=1S/C13H21NO3S/c1-11(18(2)16)8-14-9-12(15)10-17-13-6-4-3-5-7-13/h3-7,11-12,14-15H,8-10H2,1-2H3. The Morgan fingerprint density at radius 2 is 2.00 bits per heavy atom. The number of rotatable bonds is 8. The topological polar surface area (TPSA) is 58.6 Å². The van der Waals surface area contributed by atoms with E-state index >= 15 is 0 Å². The Morgan fingerprint density at radius 1 is 1.33 bits per heavy atom. The third-order valence-electron chi connectivity index (χ3n) is 2.56. The van der Waals surface area contributed by atoms with Crippen LogP contribution < -0.4 is 10.1 Å². The second-order valence-electron chi connectivity index (χ2n) is 4.25. The van der Waals surface area contributed by atoms with E-state index in [1.807, 2.05) is 37.3 Å². The van der Waals surface area contributed by atoms with Gasteiger partial charge < -0.3 is 15.2 Å². The van der Waals surface area contributed by atoms with Crippen LogP contribution in [-0.2, 0) is 10.8 Å². The average molecular weight is 271 g/mol. The molecular formula is C13H21NO3S. The van der Waals surface area contributed by atoms with Gasteiger partial charge in [-0.25, -0.2) is 0 Å². The largest absolute Gasteiger partial charge is 0.491 e. The molecule has 2 N–H and O–H groups in total. The highest BCUT2D eigenvalue weighted by atomic mass is 32.2. The van der Waals surface area contributed by atoms with Crippen LogP contribution in [0.3, 0.4) is 0 Å². The summed E-state index contributed by atoms with van der Waals surface area (Å²) in [7, 11) is -0.834.